The summed E-state index contributed by atoms with van der Waals surface area (Å²) in [6.07, 6.45) is 9.29. The summed E-state index contributed by atoms with van der Waals surface area (Å²) in [7, 11) is 0. The fourth-order valence-electron chi connectivity index (χ4n) is 4.27. The molecule has 2 aliphatic carbocycles. The van der Waals surface area contributed by atoms with E-state index in [0.29, 0.717) is 0 Å². The number of nitrogens with zero attached hydrogens (tertiary/aromatic N) is 4. The summed E-state index contributed by atoms with van der Waals surface area (Å²) < 4.78 is 1.85. The summed E-state index contributed by atoms with van der Waals surface area (Å²) in [6, 6.07) is 2.05. The van der Waals surface area contributed by atoms with E-state index in [1.54, 1.807) is 6.20 Å². The van der Waals surface area contributed by atoms with Crippen molar-refractivity contribution < 1.29 is 0 Å². The lowest BCUT2D eigenvalue weighted by atomic mass is 9.89. The van der Waals surface area contributed by atoms with E-state index in [0.717, 1.165) is 47.3 Å². The summed E-state index contributed by atoms with van der Waals surface area (Å²) >= 11 is 0. The van der Waals surface area contributed by atoms with Crippen LogP contribution in [0.1, 0.15) is 37.1 Å². The number of aromatic nitrogens is 4. The summed E-state index contributed by atoms with van der Waals surface area (Å²) in [5, 5.41) is 7.97. The molecule has 116 valence electrons. The Labute approximate surface area is 131 Å². The third kappa shape index (κ3) is 2.49. The maximum atomic E-state index is 4.67. The van der Waals surface area contributed by atoms with Gasteiger partial charge < -0.3 is 5.32 Å². The minimum atomic E-state index is 0.781. The number of aryl methyl sites for hydroxylation is 2. The lowest BCUT2D eigenvalue weighted by Crippen LogP contribution is -2.20. The van der Waals surface area contributed by atoms with Gasteiger partial charge in [-0.3, -0.25) is 4.98 Å². The molecule has 2 saturated carbocycles. The van der Waals surface area contributed by atoms with Crippen LogP contribution in [0.2, 0.25) is 0 Å². The SMILES string of the molecule is Cc1cc(C)n(-c2cncc(NCC3CC4CCC3C4)n2)n1. The molecule has 5 heteroatoms. The minimum absolute atomic E-state index is 0.781. The van der Waals surface area contributed by atoms with Gasteiger partial charge in [-0.05, 0) is 56.9 Å². The minimum Gasteiger partial charge on any atom is -0.368 e. The zero-order valence-corrected chi connectivity index (χ0v) is 13.3. The van der Waals surface area contributed by atoms with Crippen LogP contribution in [0.5, 0.6) is 0 Å². The van der Waals surface area contributed by atoms with E-state index in [-0.39, 0.29) is 0 Å². The lowest BCUT2D eigenvalue weighted by Gasteiger charge is -2.22. The van der Waals surface area contributed by atoms with Gasteiger partial charge in [0.15, 0.2) is 5.82 Å². The Morgan fingerprint density at radius 2 is 2.14 bits per heavy atom. The van der Waals surface area contributed by atoms with Crippen molar-refractivity contribution in [2.75, 3.05) is 11.9 Å². The Bertz CT molecular complexity index is 677. The van der Waals surface area contributed by atoms with Gasteiger partial charge in [0.25, 0.3) is 0 Å². The maximum Gasteiger partial charge on any atom is 0.174 e. The Balaban J connectivity index is 1.47. The van der Waals surface area contributed by atoms with Crippen molar-refractivity contribution in [1.29, 1.82) is 0 Å². The second-order valence-corrected chi connectivity index (χ2v) is 6.92. The summed E-state index contributed by atoms with van der Waals surface area (Å²) in [6.45, 7) is 5.06. The molecule has 3 unspecified atom stereocenters. The second-order valence-electron chi connectivity index (χ2n) is 6.92. The fourth-order valence-corrected chi connectivity index (χ4v) is 4.27. The largest absolute Gasteiger partial charge is 0.368 e. The molecule has 5 nitrogen and oxygen atoms in total. The first kappa shape index (κ1) is 13.7. The molecule has 3 atom stereocenters. The van der Waals surface area contributed by atoms with E-state index in [9.17, 15) is 0 Å². The first-order chi connectivity index (χ1) is 10.7. The molecule has 2 aromatic heterocycles. The summed E-state index contributed by atoms with van der Waals surface area (Å²) in [5.74, 6) is 4.38. The fraction of sp³-hybridized carbons (Fsp3) is 0.588. The zero-order chi connectivity index (χ0) is 15.1. The molecule has 0 radical (unpaired) electrons. The van der Waals surface area contributed by atoms with Crippen LogP contribution >= 0.6 is 0 Å². The normalized spacial score (nSPS) is 26.5. The molecule has 0 saturated heterocycles. The molecule has 2 aromatic rings. The first-order valence-electron chi connectivity index (χ1n) is 8.28. The number of hydrogen-bond donors (Lipinski definition) is 1. The van der Waals surface area contributed by atoms with Gasteiger partial charge >= 0.3 is 0 Å². The molecular formula is C17H23N5. The topological polar surface area (TPSA) is 55.6 Å². The number of fused-ring (bicyclic) bond motifs is 2. The number of rotatable bonds is 4. The standard InChI is InChI=1S/C17H23N5/c1-11-5-12(2)22(21-11)17-10-18-9-16(20-17)19-8-15-7-13-3-4-14(15)6-13/h5,9-10,13-15H,3-4,6-8H2,1-2H3,(H,19,20). The van der Waals surface area contributed by atoms with Gasteiger partial charge in [0.1, 0.15) is 5.82 Å². The van der Waals surface area contributed by atoms with E-state index in [4.69, 9.17) is 0 Å². The molecule has 0 aliphatic heterocycles. The van der Waals surface area contributed by atoms with Crippen LogP contribution in [0.25, 0.3) is 5.82 Å². The Kier molecular flexibility index (Phi) is 3.36. The van der Waals surface area contributed by atoms with Crippen molar-refractivity contribution in [1.82, 2.24) is 19.7 Å². The van der Waals surface area contributed by atoms with Crippen molar-refractivity contribution in [3.8, 4) is 5.82 Å². The summed E-state index contributed by atoms with van der Waals surface area (Å²) in [5.41, 5.74) is 2.08. The molecular weight excluding hydrogens is 274 g/mol. The quantitative estimate of drug-likeness (QED) is 0.942. The third-order valence-electron chi connectivity index (χ3n) is 5.28. The number of hydrogen-bond acceptors (Lipinski definition) is 4. The number of anilines is 1. The molecule has 1 N–H and O–H groups in total. The van der Waals surface area contributed by atoms with Gasteiger partial charge in [0.05, 0.1) is 18.1 Å². The lowest BCUT2D eigenvalue weighted by molar-refractivity contribution is 0.348. The van der Waals surface area contributed by atoms with Crippen molar-refractivity contribution in [2.45, 2.75) is 39.5 Å². The predicted octanol–water partition coefficient (Wildman–Crippen LogP) is 3.13. The van der Waals surface area contributed by atoms with Gasteiger partial charge in [-0.2, -0.15) is 5.10 Å². The highest BCUT2D eigenvalue weighted by atomic mass is 15.3. The van der Waals surface area contributed by atoms with Crippen molar-refractivity contribution in [2.24, 2.45) is 17.8 Å². The van der Waals surface area contributed by atoms with Crippen LogP contribution in [0.3, 0.4) is 0 Å². The van der Waals surface area contributed by atoms with Gasteiger partial charge in [0.2, 0.25) is 0 Å². The third-order valence-corrected chi connectivity index (χ3v) is 5.28. The zero-order valence-electron chi connectivity index (χ0n) is 13.3. The first-order valence-corrected chi connectivity index (χ1v) is 8.28. The highest BCUT2D eigenvalue weighted by molar-refractivity contribution is 5.36. The van der Waals surface area contributed by atoms with E-state index in [1.807, 2.05) is 24.7 Å². The van der Waals surface area contributed by atoms with Crippen LogP contribution in [-0.4, -0.2) is 26.3 Å². The van der Waals surface area contributed by atoms with Crippen molar-refractivity contribution in [3.05, 3.63) is 29.8 Å². The van der Waals surface area contributed by atoms with E-state index in [2.05, 4.69) is 26.4 Å². The molecule has 2 fully saturated rings. The second kappa shape index (κ2) is 5.38. The maximum absolute atomic E-state index is 4.67. The smallest absolute Gasteiger partial charge is 0.174 e. The molecule has 2 aliphatic rings. The van der Waals surface area contributed by atoms with Crippen LogP contribution in [-0.2, 0) is 0 Å². The Hall–Kier alpha value is -1.91. The van der Waals surface area contributed by atoms with Crippen molar-refractivity contribution in [3.63, 3.8) is 0 Å². The Morgan fingerprint density at radius 3 is 2.82 bits per heavy atom. The van der Waals surface area contributed by atoms with Crippen LogP contribution in [0.15, 0.2) is 18.5 Å². The Morgan fingerprint density at radius 1 is 1.23 bits per heavy atom. The van der Waals surface area contributed by atoms with Crippen LogP contribution < -0.4 is 5.32 Å². The molecule has 22 heavy (non-hydrogen) atoms. The van der Waals surface area contributed by atoms with Gasteiger partial charge in [-0.25, -0.2) is 9.67 Å². The van der Waals surface area contributed by atoms with Crippen molar-refractivity contribution >= 4 is 5.82 Å². The molecule has 2 bridgehead atoms. The van der Waals surface area contributed by atoms with Gasteiger partial charge in [0, 0.05) is 12.2 Å². The van der Waals surface area contributed by atoms with Gasteiger partial charge in [-0.15, -0.1) is 0 Å². The highest BCUT2D eigenvalue weighted by Gasteiger charge is 2.39. The average molecular weight is 297 g/mol. The molecule has 0 aromatic carbocycles. The van der Waals surface area contributed by atoms with E-state index < -0.39 is 0 Å². The average Bonchev–Trinajstić information content (AvgIpc) is 3.21. The number of nitrogens with one attached hydrogen (secondary N) is 1. The molecule has 4 rings (SSSR count). The molecule has 2 heterocycles. The molecule has 0 amide bonds. The van der Waals surface area contributed by atoms with Crippen LogP contribution in [0, 0.1) is 31.6 Å². The van der Waals surface area contributed by atoms with Crippen LogP contribution in [0.4, 0.5) is 5.82 Å². The predicted molar refractivity (Wildman–Crippen MR) is 86.1 cm³/mol. The van der Waals surface area contributed by atoms with E-state index >= 15 is 0 Å². The van der Waals surface area contributed by atoms with E-state index in [1.165, 1.54) is 25.7 Å². The summed E-state index contributed by atoms with van der Waals surface area (Å²) in [4.78, 5) is 8.99. The monoisotopic (exact) mass is 297 g/mol. The molecule has 0 spiro atoms. The van der Waals surface area contributed by atoms with Gasteiger partial charge in [-0.1, -0.05) is 6.42 Å². The highest BCUT2D eigenvalue weighted by Crippen LogP contribution is 2.48.